The quantitative estimate of drug-likeness (QED) is 0.543. The molecule has 2 saturated heterocycles. The summed E-state index contributed by atoms with van der Waals surface area (Å²) in [6, 6.07) is 0. The molecule has 4 unspecified atom stereocenters. The lowest BCUT2D eigenvalue weighted by Gasteiger charge is -2.21. The summed E-state index contributed by atoms with van der Waals surface area (Å²) in [5.41, 5.74) is 0. The number of aliphatic hydroxyl groups excluding tert-OH is 1. The van der Waals surface area contributed by atoms with Gasteiger partial charge in [0.2, 0.25) is 0 Å². The fourth-order valence-electron chi connectivity index (χ4n) is 0.900. The van der Waals surface area contributed by atoms with E-state index in [1.807, 2.05) is 0 Å². The molecule has 2 rings (SSSR count). The maximum Gasteiger partial charge on any atom is 0.192 e. The minimum absolute atomic E-state index is 0.000927. The van der Waals surface area contributed by atoms with Gasteiger partial charge in [0, 0.05) is 0 Å². The van der Waals surface area contributed by atoms with Crippen molar-refractivity contribution >= 4 is 0 Å². The minimum Gasteiger partial charge on any atom is -0.391 e. The zero-order valence-corrected chi connectivity index (χ0v) is 5.69. The molecule has 0 aliphatic carbocycles. The van der Waals surface area contributed by atoms with Crippen LogP contribution in [0, 0.1) is 0 Å². The Hall–Kier alpha value is -0.160. The summed E-state index contributed by atoms with van der Waals surface area (Å²) in [5.74, 6) is 0. The molecule has 0 aromatic rings. The molecule has 0 saturated carbocycles. The molecule has 0 radical (unpaired) electrons. The molecule has 4 nitrogen and oxygen atoms in total. The Morgan fingerprint density at radius 1 is 1.60 bits per heavy atom. The third kappa shape index (κ3) is 1.03. The maximum absolute atomic E-state index is 8.80. The first kappa shape index (κ1) is 6.54. The van der Waals surface area contributed by atoms with E-state index in [0.29, 0.717) is 6.61 Å². The van der Waals surface area contributed by atoms with Crippen molar-refractivity contribution in [1.29, 1.82) is 0 Å². The number of hydrogen-bond acceptors (Lipinski definition) is 4. The topological polar surface area (TPSA) is 51.2 Å². The van der Waals surface area contributed by atoms with Gasteiger partial charge in [-0.05, 0) is 6.92 Å². The summed E-state index contributed by atoms with van der Waals surface area (Å²) in [7, 11) is 0. The van der Waals surface area contributed by atoms with Gasteiger partial charge in [-0.15, -0.1) is 0 Å². The molecule has 58 valence electrons. The molecule has 2 aliphatic rings. The summed E-state index contributed by atoms with van der Waals surface area (Å²) < 4.78 is 15.0. The largest absolute Gasteiger partial charge is 0.391 e. The average molecular weight is 146 g/mol. The van der Waals surface area contributed by atoms with Crippen molar-refractivity contribution in [3.63, 3.8) is 0 Å². The van der Waals surface area contributed by atoms with Gasteiger partial charge in [0.1, 0.15) is 0 Å². The summed E-state index contributed by atoms with van der Waals surface area (Å²) >= 11 is 0. The van der Waals surface area contributed by atoms with Crippen LogP contribution < -0.4 is 0 Å². The minimum atomic E-state index is -0.429. The highest BCUT2D eigenvalue weighted by molar-refractivity contribution is 4.90. The smallest absolute Gasteiger partial charge is 0.192 e. The average Bonchev–Trinajstić information content (AvgIpc) is 2.41. The first-order valence-electron chi connectivity index (χ1n) is 3.38. The second kappa shape index (κ2) is 2.17. The second-order valence-corrected chi connectivity index (χ2v) is 2.66. The van der Waals surface area contributed by atoms with Crippen LogP contribution in [0.1, 0.15) is 6.92 Å². The van der Waals surface area contributed by atoms with Crippen molar-refractivity contribution < 1.29 is 19.3 Å². The van der Waals surface area contributed by atoms with Crippen LogP contribution in [0.3, 0.4) is 0 Å². The van der Waals surface area contributed by atoms with Crippen LogP contribution in [-0.4, -0.2) is 36.5 Å². The van der Waals surface area contributed by atoms with Gasteiger partial charge in [0.15, 0.2) is 18.7 Å². The zero-order chi connectivity index (χ0) is 7.14. The summed E-state index contributed by atoms with van der Waals surface area (Å²) in [5, 5.41) is 8.80. The van der Waals surface area contributed by atoms with Crippen LogP contribution in [0.5, 0.6) is 0 Å². The molecule has 4 atom stereocenters. The van der Waals surface area contributed by atoms with Gasteiger partial charge in [-0.25, -0.2) is 0 Å². The monoisotopic (exact) mass is 146 g/mol. The third-order valence-electron chi connectivity index (χ3n) is 1.52. The number of rotatable bonds is 3. The molecule has 1 N–H and O–H groups in total. The first-order chi connectivity index (χ1) is 4.77. The number of aliphatic hydroxyl groups is 1. The van der Waals surface area contributed by atoms with E-state index in [-0.39, 0.29) is 18.7 Å². The lowest BCUT2D eigenvalue weighted by atomic mass is 10.3. The number of hydrogen-bond donors (Lipinski definition) is 1. The van der Waals surface area contributed by atoms with E-state index in [0.717, 1.165) is 0 Å². The Morgan fingerprint density at radius 3 is 2.80 bits per heavy atom. The van der Waals surface area contributed by atoms with Gasteiger partial charge in [-0.3, -0.25) is 0 Å². The predicted octanol–water partition coefficient (Wildman–Crippen LogP) is -0.535. The Kier molecular flexibility index (Phi) is 1.42. The molecule has 2 fully saturated rings. The molecule has 4 heteroatoms. The number of epoxide rings is 1. The highest BCUT2D eigenvalue weighted by Gasteiger charge is 2.59. The SMILES string of the molecule is CC(O)COC1OC2OC12. The normalized spacial score (nSPS) is 45.6. The van der Waals surface area contributed by atoms with Crippen LogP contribution in [0.25, 0.3) is 0 Å². The molecule has 0 spiro atoms. The van der Waals surface area contributed by atoms with E-state index in [1.165, 1.54) is 0 Å². The second-order valence-electron chi connectivity index (χ2n) is 2.66. The van der Waals surface area contributed by atoms with E-state index in [2.05, 4.69) is 0 Å². The van der Waals surface area contributed by atoms with Crippen LogP contribution in [0.2, 0.25) is 0 Å². The number of ether oxygens (including phenoxy) is 3. The van der Waals surface area contributed by atoms with Crippen molar-refractivity contribution in [2.45, 2.75) is 31.7 Å². The van der Waals surface area contributed by atoms with Gasteiger partial charge in [-0.1, -0.05) is 0 Å². The van der Waals surface area contributed by atoms with Crippen LogP contribution in [0.15, 0.2) is 0 Å². The van der Waals surface area contributed by atoms with Crippen molar-refractivity contribution in [3.8, 4) is 0 Å². The van der Waals surface area contributed by atoms with E-state index in [1.54, 1.807) is 6.92 Å². The Balaban J connectivity index is 1.63. The van der Waals surface area contributed by atoms with Crippen LogP contribution >= 0.6 is 0 Å². The van der Waals surface area contributed by atoms with E-state index in [4.69, 9.17) is 19.3 Å². The van der Waals surface area contributed by atoms with Gasteiger partial charge >= 0.3 is 0 Å². The van der Waals surface area contributed by atoms with Gasteiger partial charge < -0.3 is 19.3 Å². The Labute approximate surface area is 58.7 Å². The highest BCUT2D eigenvalue weighted by Crippen LogP contribution is 2.40. The molecule has 2 aliphatic heterocycles. The first-order valence-corrected chi connectivity index (χ1v) is 3.38. The summed E-state index contributed by atoms with van der Waals surface area (Å²) in [6.45, 7) is 1.99. The molecule has 0 amide bonds. The molecule has 0 bridgehead atoms. The lowest BCUT2D eigenvalue weighted by Crippen LogP contribution is -2.37. The van der Waals surface area contributed by atoms with E-state index >= 15 is 0 Å². The number of fused-ring (bicyclic) bond motifs is 1. The van der Waals surface area contributed by atoms with Crippen LogP contribution in [-0.2, 0) is 14.2 Å². The van der Waals surface area contributed by atoms with Crippen molar-refractivity contribution in [2.75, 3.05) is 6.61 Å². The van der Waals surface area contributed by atoms with E-state index < -0.39 is 6.10 Å². The molecule has 0 aromatic carbocycles. The van der Waals surface area contributed by atoms with Gasteiger partial charge in [0.25, 0.3) is 0 Å². The predicted molar refractivity (Wildman–Crippen MR) is 31.2 cm³/mol. The van der Waals surface area contributed by atoms with Gasteiger partial charge in [0.05, 0.1) is 12.7 Å². The molecule has 10 heavy (non-hydrogen) atoms. The fraction of sp³-hybridized carbons (Fsp3) is 1.00. The van der Waals surface area contributed by atoms with Crippen LogP contribution in [0.4, 0.5) is 0 Å². The summed E-state index contributed by atoms with van der Waals surface area (Å²) in [4.78, 5) is 0. The molecular weight excluding hydrogens is 136 g/mol. The van der Waals surface area contributed by atoms with Crippen molar-refractivity contribution in [2.24, 2.45) is 0 Å². The maximum atomic E-state index is 8.80. The fourth-order valence-corrected chi connectivity index (χ4v) is 0.900. The third-order valence-corrected chi connectivity index (χ3v) is 1.52. The Morgan fingerprint density at radius 2 is 2.40 bits per heavy atom. The van der Waals surface area contributed by atoms with Crippen molar-refractivity contribution in [3.05, 3.63) is 0 Å². The van der Waals surface area contributed by atoms with Crippen molar-refractivity contribution in [1.82, 2.24) is 0 Å². The molecular formula is C6H10O4. The lowest BCUT2D eigenvalue weighted by molar-refractivity contribution is -0.210. The highest BCUT2D eigenvalue weighted by atomic mass is 16.9. The van der Waals surface area contributed by atoms with E-state index in [9.17, 15) is 0 Å². The molecule has 2 heterocycles. The molecule has 0 aromatic heterocycles. The standard InChI is InChI=1S/C6H10O4/c1-3(7)2-8-5-4-6(9-4)10-5/h3-7H,2H2,1H3. The zero-order valence-electron chi connectivity index (χ0n) is 5.69. The summed E-state index contributed by atoms with van der Waals surface area (Å²) in [6.07, 6.45) is -0.501. The Bertz CT molecular complexity index is 136. The van der Waals surface area contributed by atoms with Gasteiger partial charge in [-0.2, -0.15) is 0 Å².